The molecule has 3 aromatic carbocycles. The second kappa shape index (κ2) is 6.40. The molecule has 0 aliphatic rings. The van der Waals surface area contributed by atoms with E-state index in [2.05, 4.69) is 15.0 Å². The summed E-state index contributed by atoms with van der Waals surface area (Å²) >= 11 is 0. The molecule has 0 aromatic heterocycles. The third-order valence-corrected chi connectivity index (χ3v) is 4.03. The number of phenolic OH excluding ortho intramolecular Hbond substituents is 2. The standard InChI is InChI=1S/C17H15N3O4S/c1-25(23,24)20-13-7-3-2-6-12(13)18-19-14-10-9-11-5-4-8-15(21)16(11)17(14)22/h2-10,20-22H,1H3. The first-order chi connectivity index (χ1) is 11.8. The molecule has 0 bridgehead atoms. The number of sulfonamides is 1. The lowest BCUT2D eigenvalue weighted by molar-refractivity contribution is 0.464. The van der Waals surface area contributed by atoms with Crippen LogP contribution in [0.5, 0.6) is 11.5 Å². The molecule has 0 radical (unpaired) electrons. The number of azo groups is 1. The maximum absolute atomic E-state index is 11.4. The van der Waals surface area contributed by atoms with Gasteiger partial charge in [-0.2, -0.15) is 0 Å². The van der Waals surface area contributed by atoms with Crippen molar-refractivity contribution in [1.82, 2.24) is 0 Å². The first-order valence-electron chi connectivity index (χ1n) is 7.27. The Labute approximate surface area is 144 Å². The van der Waals surface area contributed by atoms with Crippen molar-refractivity contribution < 1.29 is 18.6 Å². The molecule has 0 atom stereocenters. The van der Waals surface area contributed by atoms with Crippen LogP contribution in [0, 0.1) is 0 Å². The molecule has 25 heavy (non-hydrogen) atoms. The maximum Gasteiger partial charge on any atom is 0.229 e. The number of aromatic hydroxyl groups is 2. The summed E-state index contributed by atoms with van der Waals surface area (Å²) in [6, 6.07) is 14.7. The van der Waals surface area contributed by atoms with Gasteiger partial charge in [0, 0.05) is 0 Å². The van der Waals surface area contributed by atoms with Crippen molar-refractivity contribution in [2.24, 2.45) is 10.2 Å². The zero-order valence-electron chi connectivity index (χ0n) is 13.2. The minimum atomic E-state index is -3.46. The molecule has 0 unspecified atom stereocenters. The van der Waals surface area contributed by atoms with Crippen LogP contribution in [0.2, 0.25) is 0 Å². The van der Waals surface area contributed by atoms with E-state index in [-0.39, 0.29) is 28.3 Å². The Morgan fingerprint density at radius 2 is 1.60 bits per heavy atom. The van der Waals surface area contributed by atoms with E-state index >= 15 is 0 Å². The molecule has 3 aromatic rings. The zero-order chi connectivity index (χ0) is 18.0. The van der Waals surface area contributed by atoms with Crippen molar-refractivity contribution in [3.05, 3.63) is 54.6 Å². The van der Waals surface area contributed by atoms with E-state index in [1.165, 1.54) is 6.07 Å². The molecule has 7 nitrogen and oxygen atoms in total. The first-order valence-corrected chi connectivity index (χ1v) is 9.16. The number of fused-ring (bicyclic) bond motifs is 1. The van der Waals surface area contributed by atoms with Crippen molar-refractivity contribution in [3.8, 4) is 11.5 Å². The predicted molar refractivity (Wildman–Crippen MR) is 96.4 cm³/mol. The van der Waals surface area contributed by atoms with Gasteiger partial charge in [0.1, 0.15) is 17.1 Å². The molecule has 128 valence electrons. The summed E-state index contributed by atoms with van der Waals surface area (Å²) in [5.41, 5.74) is 0.727. The van der Waals surface area contributed by atoms with Crippen molar-refractivity contribution in [2.45, 2.75) is 0 Å². The molecule has 0 aliphatic carbocycles. The summed E-state index contributed by atoms with van der Waals surface area (Å²) in [6.07, 6.45) is 1.04. The van der Waals surface area contributed by atoms with Crippen LogP contribution in [-0.4, -0.2) is 24.9 Å². The normalized spacial score (nSPS) is 11.9. The van der Waals surface area contributed by atoms with E-state index < -0.39 is 10.0 Å². The number of benzene rings is 3. The van der Waals surface area contributed by atoms with E-state index in [9.17, 15) is 18.6 Å². The average Bonchev–Trinajstić information content (AvgIpc) is 2.54. The van der Waals surface area contributed by atoms with Crippen molar-refractivity contribution >= 4 is 37.9 Å². The summed E-state index contributed by atoms with van der Waals surface area (Å²) in [6.45, 7) is 0. The lowest BCUT2D eigenvalue weighted by atomic mass is 10.1. The third-order valence-electron chi connectivity index (χ3n) is 3.44. The lowest BCUT2D eigenvalue weighted by Crippen LogP contribution is -2.09. The van der Waals surface area contributed by atoms with E-state index in [4.69, 9.17) is 0 Å². The summed E-state index contributed by atoms with van der Waals surface area (Å²) in [5.74, 6) is -0.265. The second-order valence-electron chi connectivity index (χ2n) is 5.40. The topological polar surface area (TPSA) is 111 Å². The van der Waals surface area contributed by atoms with Crippen LogP contribution in [0.1, 0.15) is 0 Å². The fourth-order valence-electron chi connectivity index (χ4n) is 2.37. The highest BCUT2D eigenvalue weighted by molar-refractivity contribution is 7.92. The molecular weight excluding hydrogens is 342 g/mol. The highest BCUT2D eigenvalue weighted by Gasteiger charge is 2.10. The van der Waals surface area contributed by atoms with Crippen LogP contribution in [0.4, 0.5) is 17.1 Å². The van der Waals surface area contributed by atoms with Gasteiger partial charge >= 0.3 is 0 Å². The Morgan fingerprint density at radius 1 is 0.880 bits per heavy atom. The van der Waals surface area contributed by atoms with Gasteiger partial charge in [0.2, 0.25) is 10.0 Å². The molecule has 3 N–H and O–H groups in total. The molecular formula is C17H15N3O4S. The van der Waals surface area contributed by atoms with Gasteiger partial charge in [0.15, 0.2) is 5.75 Å². The van der Waals surface area contributed by atoms with Crippen LogP contribution in [0.25, 0.3) is 10.8 Å². The predicted octanol–water partition coefficient (Wildman–Crippen LogP) is 4.04. The van der Waals surface area contributed by atoms with Gasteiger partial charge in [0.25, 0.3) is 0 Å². The number of phenols is 2. The van der Waals surface area contributed by atoms with Gasteiger partial charge in [0.05, 0.1) is 17.3 Å². The van der Waals surface area contributed by atoms with Crippen molar-refractivity contribution in [3.63, 3.8) is 0 Å². The van der Waals surface area contributed by atoms with Gasteiger partial charge in [-0.25, -0.2) is 8.42 Å². The van der Waals surface area contributed by atoms with Gasteiger partial charge in [-0.3, -0.25) is 4.72 Å². The molecule has 0 heterocycles. The van der Waals surface area contributed by atoms with E-state index in [1.807, 2.05) is 0 Å². The van der Waals surface area contributed by atoms with Crippen LogP contribution >= 0.6 is 0 Å². The first kappa shape index (κ1) is 16.7. The number of anilines is 1. The quantitative estimate of drug-likeness (QED) is 0.612. The fourth-order valence-corrected chi connectivity index (χ4v) is 2.94. The monoisotopic (exact) mass is 357 g/mol. The van der Waals surface area contributed by atoms with Gasteiger partial charge in [-0.15, -0.1) is 10.2 Å². The Bertz CT molecular complexity index is 1080. The Morgan fingerprint density at radius 3 is 2.36 bits per heavy atom. The van der Waals surface area contributed by atoms with E-state index in [1.54, 1.807) is 48.5 Å². The summed E-state index contributed by atoms with van der Waals surface area (Å²) < 4.78 is 25.2. The van der Waals surface area contributed by atoms with Crippen LogP contribution in [-0.2, 0) is 10.0 Å². The molecule has 0 amide bonds. The van der Waals surface area contributed by atoms with Crippen molar-refractivity contribution in [2.75, 3.05) is 11.0 Å². The third kappa shape index (κ3) is 3.69. The summed E-state index contributed by atoms with van der Waals surface area (Å²) in [5, 5.41) is 29.2. The van der Waals surface area contributed by atoms with Gasteiger partial charge < -0.3 is 10.2 Å². The molecule has 0 saturated heterocycles. The lowest BCUT2D eigenvalue weighted by Gasteiger charge is -2.07. The maximum atomic E-state index is 11.4. The Hall–Kier alpha value is -3.13. The summed E-state index contributed by atoms with van der Waals surface area (Å²) in [4.78, 5) is 0. The zero-order valence-corrected chi connectivity index (χ0v) is 14.0. The minimum absolute atomic E-state index is 0.0637. The van der Waals surface area contributed by atoms with E-state index in [0.29, 0.717) is 11.1 Å². The number of hydrogen-bond acceptors (Lipinski definition) is 6. The highest BCUT2D eigenvalue weighted by atomic mass is 32.2. The highest BCUT2D eigenvalue weighted by Crippen LogP contribution is 2.40. The van der Waals surface area contributed by atoms with Gasteiger partial charge in [-0.1, -0.05) is 30.3 Å². The molecule has 8 heteroatoms. The molecule has 0 aliphatic heterocycles. The molecule has 3 rings (SSSR count). The molecule has 0 fully saturated rings. The SMILES string of the molecule is CS(=O)(=O)Nc1ccccc1N=Nc1ccc2cccc(O)c2c1O. The summed E-state index contributed by atoms with van der Waals surface area (Å²) in [7, 11) is -3.46. The number of rotatable bonds is 4. The smallest absolute Gasteiger partial charge is 0.229 e. The fraction of sp³-hybridized carbons (Fsp3) is 0.0588. The Balaban J connectivity index is 2.03. The second-order valence-corrected chi connectivity index (χ2v) is 7.15. The Kier molecular flexibility index (Phi) is 4.28. The number of nitrogens with one attached hydrogen (secondary N) is 1. The number of hydrogen-bond donors (Lipinski definition) is 3. The molecule has 0 spiro atoms. The van der Waals surface area contributed by atoms with Crippen LogP contribution in [0.15, 0.2) is 64.8 Å². The number of para-hydroxylation sites is 1. The average molecular weight is 357 g/mol. The van der Waals surface area contributed by atoms with Crippen LogP contribution < -0.4 is 4.72 Å². The van der Waals surface area contributed by atoms with Crippen LogP contribution in [0.3, 0.4) is 0 Å². The molecule has 0 saturated carbocycles. The van der Waals surface area contributed by atoms with E-state index in [0.717, 1.165) is 6.26 Å². The van der Waals surface area contributed by atoms with Crippen molar-refractivity contribution in [1.29, 1.82) is 0 Å². The minimum Gasteiger partial charge on any atom is -0.507 e. The largest absolute Gasteiger partial charge is 0.507 e. The number of nitrogens with zero attached hydrogens (tertiary/aromatic N) is 2. The van der Waals surface area contributed by atoms with Gasteiger partial charge in [-0.05, 0) is 29.7 Å².